The van der Waals surface area contributed by atoms with Crippen LogP contribution in [-0.4, -0.2) is 4.98 Å². The minimum Gasteiger partial charge on any atom is -0.464 e. The molecule has 2 aromatic rings. The predicted octanol–water partition coefficient (Wildman–Crippen LogP) is 3.69. The van der Waals surface area contributed by atoms with Crippen LogP contribution in [-0.2, 0) is 0 Å². The molecule has 4 rings (SSSR count). The van der Waals surface area contributed by atoms with Gasteiger partial charge in [0.15, 0.2) is 5.43 Å². The van der Waals surface area contributed by atoms with Crippen LogP contribution in [0.15, 0.2) is 64.2 Å². The average molecular weight is 293 g/mol. The highest BCUT2D eigenvalue weighted by Crippen LogP contribution is 2.36. The maximum atomic E-state index is 13.0. The molecule has 0 amide bonds. The lowest BCUT2D eigenvalue weighted by molar-refractivity contribution is 0.512. The van der Waals surface area contributed by atoms with Gasteiger partial charge in [-0.1, -0.05) is 30.4 Å². The topological polar surface area (TPSA) is 43.1 Å². The number of halogens is 1. The van der Waals surface area contributed by atoms with Gasteiger partial charge in [0.2, 0.25) is 0 Å². The Morgan fingerprint density at radius 2 is 2.00 bits per heavy atom. The van der Waals surface area contributed by atoms with Crippen molar-refractivity contribution >= 4 is 6.08 Å². The third-order valence-corrected chi connectivity index (χ3v) is 4.04. The summed E-state index contributed by atoms with van der Waals surface area (Å²) in [5.41, 5.74) is 1.30. The Labute approximate surface area is 126 Å². The fourth-order valence-electron chi connectivity index (χ4n) is 2.95. The zero-order valence-electron chi connectivity index (χ0n) is 11.6. The van der Waals surface area contributed by atoms with Gasteiger partial charge in [0, 0.05) is 11.8 Å². The van der Waals surface area contributed by atoms with Gasteiger partial charge >= 0.3 is 0 Å². The summed E-state index contributed by atoms with van der Waals surface area (Å²) in [5.74, 6) is 0.282. The number of pyridine rings is 1. The van der Waals surface area contributed by atoms with E-state index in [0.29, 0.717) is 22.6 Å². The van der Waals surface area contributed by atoms with Crippen LogP contribution in [0.3, 0.4) is 0 Å². The van der Waals surface area contributed by atoms with Crippen LogP contribution in [0.2, 0.25) is 0 Å². The van der Waals surface area contributed by atoms with Gasteiger partial charge in [-0.05, 0) is 18.2 Å². The normalized spacial score (nSPS) is 21.5. The van der Waals surface area contributed by atoms with E-state index in [1.807, 2.05) is 30.4 Å². The Morgan fingerprint density at radius 3 is 2.82 bits per heavy atom. The molecule has 3 nitrogen and oxygen atoms in total. The molecule has 2 aliphatic rings. The molecule has 2 aliphatic carbocycles. The first kappa shape index (κ1) is 13.0. The van der Waals surface area contributed by atoms with Crippen molar-refractivity contribution in [1.82, 2.24) is 4.98 Å². The monoisotopic (exact) mass is 293 g/mol. The molecule has 2 aromatic heterocycles. The minimum absolute atomic E-state index is 0.0263. The first-order valence-corrected chi connectivity index (χ1v) is 7.05. The lowest BCUT2D eigenvalue weighted by atomic mass is 9.78. The van der Waals surface area contributed by atoms with Crippen molar-refractivity contribution in [2.45, 2.75) is 5.92 Å². The molecule has 2 atom stereocenters. The zero-order chi connectivity index (χ0) is 15.1. The van der Waals surface area contributed by atoms with Gasteiger partial charge < -0.3 is 4.42 Å². The summed E-state index contributed by atoms with van der Waals surface area (Å²) in [4.78, 5) is 16.8. The molecule has 0 N–H and O–H groups in total. The number of hydrogen-bond donors (Lipinski definition) is 0. The van der Waals surface area contributed by atoms with Crippen molar-refractivity contribution in [1.29, 1.82) is 0 Å². The molecule has 0 saturated carbocycles. The lowest BCUT2D eigenvalue weighted by Gasteiger charge is -2.25. The molecule has 2 unspecified atom stereocenters. The van der Waals surface area contributed by atoms with E-state index in [4.69, 9.17) is 4.42 Å². The molecular formula is C18H12FNO2. The maximum Gasteiger partial charge on any atom is 0.198 e. The molecule has 108 valence electrons. The van der Waals surface area contributed by atoms with E-state index in [1.54, 1.807) is 0 Å². The highest BCUT2D eigenvalue weighted by Gasteiger charge is 2.29. The lowest BCUT2D eigenvalue weighted by Crippen LogP contribution is -2.23. The van der Waals surface area contributed by atoms with E-state index in [1.165, 1.54) is 18.4 Å². The molecule has 22 heavy (non-hydrogen) atoms. The van der Waals surface area contributed by atoms with E-state index < -0.39 is 5.82 Å². The summed E-state index contributed by atoms with van der Waals surface area (Å²) in [7, 11) is 0. The Kier molecular flexibility index (Phi) is 2.89. The fraction of sp³-hybridized carbons (Fsp3) is 0.111. The van der Waals surface area contributed by atoms with Gasteiger partial charge in [-0.3, -0.25) is 9.78 Å². The second kappa shape index (κ2) is 4.91. The molecule has 0 radical (unpaired) electrons. The first-order chi connectivity index (χ1) is 10.7. The van der Waals surface area contributed by atoms with E-state index in [2.05, 4.69) is 11.1 Å². The summed E-state index contributed by atoms with van der Waals surface area (Å²) in [6.45, 7) is 0. The van der Waals surface area contributed by atoms with Crippen molar-refractivity contribution in [3.63, 3.8) is 0 Å². The molecule has 0 saturated heterocycles. The predicted molar refractivity (Wildman–Crippen MR) is 81.7 cm³/mol. The number of hydrogen-bond acceptors (Lipinski definition) is 3. The second-order valence-electron chi connectivity index (χ2n) is 5.35. The Morgan fingerprint density at radius 1 is 1.14 bits per heavy atom. The Hall–Kier alpha value is -2.75. The van der Waals surface area contributed by atoms with Gasteiger partial charge in [0.25, 0.3) is 0 Å². The molecule has 4 heteroatoms. The van der Waals surface area contributed by atoms with Crippen LogP contribution in [0, 0.1) is 11.7 Å². The largest absolute Gasteiger partial charge is 0.464 e. The standard InChI is InChI=1S/C18H12FNO2/c19-12-6-7-15(20-9-12)14-10-22-16-8-5-11-3-1-2-4-13(11)17(16)18(14)21/h1-11,13H. The molecule has 0 aromatic carbocycles. The van der Waals surface area contributed by atoms with Crippen molar-refractivity contribution in [3.8, 4) is 11.3 Å². The van der Waals surface area contributed by atoms with Gasteiger partial charge in [-0.15, -0.1) is 0 Å². The fourth-order valence-corrected chi connectivity index (χ4v) is 2.95. The van der Waals surface area contributed by atoms with Crippen molar-refractivity contribution in [3.05, 3.63) is 82.3 Å². The first-order valence-electron chi connectivity index (χ1n) is 7.05. The quantitative estimate of drug-likeness (QED) is 0.805. The summed E-state index contributed by atoms with van der Waals surface area (Å²) in [6, 6.07) is 2.77. The van der Waals surface area contributed by atoms with E-state index in [0.717, 1.165) is 6.20 Å². The summed E-state index contributed by atoms with van der Waals surface area (Å²) >= 11 is 0. The third-order valence-electron chi connectivity index (χ3n) is 4.04. The van der Waals surface area contributed by atoms with Gasteiger partial charge in [-0.2, -0.15) is 0 Å². The van der Waals surface area contributed by atoms with E-state index in [9.17, 15) is 9.18 Å². The van der Waals surface area contributed by atoms with E-state index in [-0.39, 0.29) is 17.3 Å². The highest BCUT2D eigenvalue weighted by atomic mass is 19.1. The minimum atomic E-state index is -0.436. The molecule has 0 aliphatic heterocycles. The van der Waals surface area contributed by atoms with Crippen LogP contribution in [0.5, 0.6) is 0 Å². The van der Waals surface area contributed by atoms with Crippen LogP contribution >= 0.6 is 0 Å². The molecule has 0 fully saturated rings. The average Bonchev–Trinajstić information content (AvgIpc) is 2.56. The molecule has 0 spiro atoms. The Bertz CT molecular complexity index is 875. The summed E-state index contributed by atoms with van der Waals surface area (Å²) in [5, 5.41) is 0. The smallest absolute Gasteiger partial charge is 0.198 e. The number of rotatable bonds is 1. The third kappa shape index (κ3) is 1.96. The summed E-state index contributed by atoms with van der Waals surface area (Å²) in [6.07, 6.45) is 14.3. The second-order valence-corrected chi connectivity index (χ2v) is 5.35. The SMILES string of the molecule is O=c1c(-c2ccc(F)cn2)coc2c1C1C=CC=CC1C=C2. The number of allylic oxidation sites excluding steroid dienone is 5. The molecule has 2 heterocycles. The van der Waals surface area contributed by atoms with Gasteiger partial charge in [0.1, 0.15) is 17.8 Å². The van der Waals surface area contributed by atoms with Crippen LogP contribution < -0.4 is 5.43 Å². The van der Waals surface area contributed by atoms with Crippen LogP contribution in [0.4, 0.5) is 4.39 Å². The molecular weight excluding hydrogens is 281 g/mol. The zero-order valence-corrected chi connectivity index (χ0v) is 11.6. The van der Waals surface area contributed by atoms with Crippen molar-refractivity contribution in [2.75, 3.05) is 0 Å². The maximum absolute atomic E-state index is 13.0. The molecule has 0 bridgehead atoms. The number of nitrogens with zero attached hydrogens (tertiary/aromatic N) is 1. The Balaban J connectivity index is 1.90. The van der Waals surface area contributed by atoms with Crippen molar-refractivity contribution in [2.24, 2.45) is 5.92 Å². The van der Waals surface area contributed by atoms with Crippen molar-refractivity contribution < 1.29 is 8.81 Å². The number of aromatic nitrogens is 1. The summed E-state index contributed by atoms with van der Waals surface area (Å²) < 4.78 is 18.6. The number of fused-ring (bicyclic) bond motifs is 3. The van der Waals surface area contributed by atoms with Gasteiger partial charge in [0.05, 0.1) is 23.0 Å². The van der Waals surface area contributed by atoms with E-state index >= 15 is 0 Å². The van der Waals surface area contributed by atoms with Crippen LogP contribution in [0.25, 0.3) is 17.3 Å². The van der Waals surface area contributed by atoms with Crippen LogP contribution in [0.1, 0.15) is 17.2 Å². The highest BCUT2D eigenvalue weighted by molar-refractivity contribution is 5.64. The van der Waals surface area contributed by atoms with Gasteiger partial charge in [-0.25, -0.2) is 4.39 Å².